The van der Waals surface area contributed by atoms with Crippen LogP contribution >= 0.6 is 27.3 Å². The highest BCUT2D eigenvalue weighted by molar-refractivity contribution is 9.10. The molecule has 0 saturated heterocycles. The molecule has 1 N–H and O–H groups in total. The summed E-state index contributed by atoms with van der Waals surface area (Å²) >= 11 is 5.01. The zero-order chi connectivity index (χ0) is 16.2. The molecule has 0 saturated carbocycles. The van der Waals surface area contributed by atoms with Crippen LogP contribution in [0.3, 0.4) is 0 Å². The topological polar surface area (TPSA) is 29.1 Å². The Morgan fingerprint density at radius 1 is 1.04 bits per heavy atom. The molecule has 0 bridgehead atoms. The Hall–Kier alpha value is -1.91. The van der Waals surface area contributed by atoms with Gasteiger partial charge < -0.3 is 5.32 Å². The monoisotopic (exact) mass is 385 g/mol. The minimum atomic E-state index is -0.0659. The predicted octanol–water partition coefficient (Wildman–Crippen LogP) is 5.67. The molecule has 23 heavy (non-hydrogen) atoms. The highest BCUT2D eigenvalue weighted by Gasteiger charge is 2.18. The van der Waals surface area contributed by atoms with Gasteiger partial charge in [0.25, 0.3) is 5.91 Å². The summed E-state index contributed by atoms with van der Waals surface area (Å²) < 4.78 is 1.00. The standard InChI is InChI=1S/C19H16BrNOS/c1-13(15-9-5-6-10-17(15)20)21-19(22)18-16(11-12-23-18)14-7-3-2-4-8-14/h2-13H,1H3,(H,21,22). The second-order valence-electron chi connectivity index (χ2n) is 5.25. The van der Waals surface area contributed by atoms with Crippen molar-refractivity contribution in [2.75, 3.05) is 0 Å². The van der Waals surface area contributed by atoms with Gasteiger partial charge in [0.05, 0.1) is 10.9 Å². The van der Waals surface area contributed by atoms with Crippen LogP contribution in [-0.2, 0) is 0 Å². The van der Waals surface area contributed by atoms with Gasteiger partial charge in [0.2, 0.25) is 0 Å². The third kappa shape index (κ3) is 3.54. The van der Waals surface area contributed by atoms with Crippen molar-refractivity contribution in [1.29, 1.82) is 0 Å². The molecule has 0 fully saturated rings. The summed E-state index contributed by atoms with van der Waals surface area (Å²) in [6, 6.07) is 19.9. The molecule has 1 unspecified atom stereocenters. The molecule has 1 aromatic heterocycles. The van der Waals surface area contributed by atoms with Gasteiger partial charge in [-0.25, -0.2) is 0 Å². The van der Waals surface area contributed by atoms with E-state index in [1.54, 1.807) is 0 Å². The molecular weight excluding hydrogens is 370 g/mol. The quantitative estimate of drug-likeness (QED) is 0.615. The Balaban J connectivity index is 1.83. The Kier molecular flexibility index (Phi) is 4.94. The average Bonchev–Trinajstić information content (AvgIpc) is 3.05. The number of halogens is 1. The summed E-state index contributed by atoms with van der Waals surface area (Å²) in [5.74, 6) is -0.0397. The molecule has 116 valence electrons. The van der Waals surface area contributed by atoms with E-state index in [4.69, 9.17) is 0 Å². The van der Waals surface area contributed by atoms with Gasteiger partial charge in [0.15, 0.2) is 0 Å². The van der Waals surface area contributed by atoms with E-state index in [9.17, 15) is 4.79 Å². The summed E-state index contributed by atoms with van der Waals surface area (Å²) in [4.78, 5) is 13.4. The average molecular weight is 386 g/mol. The number of rotatable bonds is 4. The van der Waals surface area contributed by atoms with E-state index in [1.165, 1.54) is 11.3 Å². The Bertz CT molecular complexity index is 813. The lowest BCUT2D eigenvalue weighted by Crippen LogP contribution is -2.26. The number of nitrogens with one attached hydrogen (secondary N) is 1. The number of carbonyl (C=O) groups excluding carboxylic acids is 1. The van der Waals surface area contributed by atoms with E-state index in [0.29, 0.717) is 0 Å². The molecule has 0 aliphatic rings. The van der Waals surface area contributed by atoms with Crippen molar-refractivity contribution in [3.05, 3.63) is 81.0 Å². The van der Waals surface area contributed by atoms with Crippen molar-refractivity contribution in [2.45, 2.75) is 13.0 Å². The smallest absolute Gasteiger partial charge is 0.262 e. The predicted molar refractivity (Wildman–Crippen MR) is 99.8 cm³/mol. The fraction of sp³-hybridized carbons (Fsp3) is 0.105. The van der Waals surface area contributed by atoms with E-state index >= 15 is 0 Å². The second kappa shape index (κ2) is 7.11. The summed E-state index contributed by atoms with van der Waals surface area (Å²) in [7, 11) is 0. The lowest BCUT2D eigenvalue weighted by molar-refractivity contribution is 0.0944. The third-order valence-electron chi connectivity index (χ3n) is 3.68. The molecule has 4 heteroatoms. The van der Waals surface area contributed by atoms with Gasteiger partial charge in [-0.05, 0) is 35.6 Å². The molecule has 0 spiro atoms. The molecule has 3 rings (SSSR count). The van der Waals surface area contributed by atoms with Gasteiger partial charge in [-0.3, -0.25) is 4.79 Å². The van der Waals surface area contributed by atoms with Gasteiger partial charge in [0, 0.05) is 10.0 Å². The Labute approximate surface area is 148 Å². The van der Waals surface area contributed by atoms with Crippen LogP contribution in [0.25, 0.3) is 11.1 Å². The van der Waals surface area contributed by atoms with E-state index in [-0.39, 0.29) is 11.9 Å². The van der Waals surface area contributed by atoms with Crippen molar-refractivity contribution in [2.24, 2.45) is 0 Å². The number of carbonyl (C=O) groups is 1. The molecule has 3 aromatic rings. The Morgan fingerprint density at radius 2 is 1.74 bits per heavy atom. The minimum absolute atomic E-state index is 0.0397. The van der Waals surface area contributed by atoms with Crippen LogP contribution in [0, 0.1) is 0 Å². The normalized spacial score (nSPS) is 11.9. The largest absolute Gasteiger partial charge is 0.345 e. The van der Waals surface area contributed by atoms with Crippen molar-refractivity contribution in [3.8, 4) is 11.1 Å². The van der Waals surface area contributed by atoms with Gasteiger partial charge in [-0.1, -0.05) is 64.5 Å². The van der Waals surface area contributed by atoms with Gasteiger partial charge in [-0.2, -0.15) is 0 Å². The van der Waals surface area contributed by atoms with E-state index in [1.807, 2.05) is 73.0 Å². The Morgan fingerprint density at radius 3 is 2.48 bits per heavy atom. The van der Waals surface area contributed by atoms with Crippen LogP contribution in [0.4, 0.5) is 0 Å². The first-order chi connectivity index (χ1) is 11.2. The zero-order valence-corrected chi connectivity index (χ0v) is 15.0. The molecule has 0 aliphatic carbocycles. The fourth-order valence-electron chi connectivity index (χ4n) is 2.50. The molecule has 2 aromatic carbocycles. The molecule has 2 nitrogen and oxygen atoms in total. The number of hydrogen-bond acceptors (Lipinski definition) is 2. The first kappa shape index (κ1) is 16.0. The molecule has 0 aliphatic heterocycles. The molecule has 1 amide bonds. The summed E-state index contributed by atoms with van der Waals surface area (Å²) in [5.41, 5.74) is 3.11. The van der Waals surface area contributed by atoms with Gasteiger partial charge >= 0.3 is 0 Å². The zero-order valence-electron chi connectivity index (χ0n) is 12.6. The first-order valence-corrected chi connectivity index (χ1v) is 9.02. The van der Waals surface area contributed by atoms with Crippen molar-refractivity contribution >= 4 is 33.2 Å². The number of amides is 1. The molecular formula is C19H16BrNOS. The summed E-state index contributed by atoms with van der Waals surface area (Å²) in [6.45, 7) is 1.99. The van der Waals surface area contributed by atoms with Crippen molar-refractivity contribution in [1.82, 2.24) is 5.32 Å². The summed E-state index contributed by atoms with van der Waals surface area (Å²) in [5, 5.41) is 5.05. The highest BCUT2D eigenvalue weighted by Crippen LogP contribution is 2.29. The number of benzene rings is 2. The van der Waals surface area contributed by atoms with Crippen LogP contribution in [-0.4, -0.2) is 5.91 Å². The maximum Gasteiger partial charge on any atom is 0.262 e. The SMILES string of the molecule is CC(NC(=O)c1sccc1-c1ccccc1)c1ccccc1Br. The number of hydrogen-bond donors (Lipinski definition) is 1. The minimum Gasteiger partial charge on any atom is -0.345 e. The van der Waals surface area contributed by atoms with Crippen LogP contribution in [0.1, 0.15) is 28.2 Å². The lowest BCUT2D eigenvalue weighted by Gasteiger charge is -2.16. The number of thiophene rings is 1. The van der Waals surface area contributed by atoms with Crippen LogP contribution in [0.15, 0.2) is 70.5 Å². The lowest BCUT2D eigenvalue weighted by atomic mass is 10.1. The third-order valence-corrected chi connectivity index (χ3v) is 5.31. The van der Waals surface area contributed by atoms with E-state index < -0.39 is 0 Å². The fourth-order valence-corrected chi connectivity index (χ4v) is 3.94. The van der Waals surface area contributed by atoms with Gasteiger partial charge in [-0.15, -0.1) is 11.3 Å². The maximum absolute atomic E-state index is 12.7. The van der Waals surface area contributed by atoms with E-state index in [0.717, 1.165) is 26.0 Å². The maximum atomic E-state index is 12.7. The van der Waals surface area contributed by atoms with E-state index in [2.05, 4.69) is 21.2 Å². The van der Waals surface area contributed by atoms with Crippen LogP contribution in [0.2, 0.25) is 0 Å². The van der Waals surface area contributed by atoms with Gasteiger partial charge in [0.1, 0.15) is 0 Å². The second-order valence-corrected chi connectivity index (χ2v) is 7.02. The van der Waals surface area contributed by atoms with Crippen molar-refractivity contribution in [3.63, 3.8) is 0 Å². The van der Waals surface area contributed by atoms with Crippen molar-refractivity contribution < 1.29 is 4.79 Å². The molecule has 1 atom stereocenters. The van der Waals surface area contributed by atoms with Crippen LogP contribution in [0.5, 0.6) is 0 Å². The van der Waals surface area contributed by atoms with Crippen LogP contribution < -0.4 is 5.32 Å². The first-order valence-electron chi connectivity index (χ1n) is 7.35. The summed E-state index contributed by atoms with van der Waals surface area (Å²) in [6.07, 6.45) is 0. The molecule has 1 heterocycles. The molecule has 0 radical (unpaired) electrons. The highest BCUT2D eigenvalue weighted by atomic mass is 79.9.